The van der Waals surface area contributed by atoms with Crippen LogP contribution in [-0.4, -0.2) is 16.1 Å². The predicted molar refractivity (Wildman–Crippen MR) is 61.4 cm³/mol. The minimum atomic E-state index is -0.675. The molecule has 1 aromatic rings. The van der Waals surface area contributed by atoms with E-state index in [9.17, 15) is 9.90 Å². The van der Waals surface area contributed by atoms with E-state index in [-0.39, 0.29) is 0 Å². The summed E-state index contributed by atoms with van der Waals surface area (Å²) in [5, 5.41) is 9.52. The second-order valence-electron chi connectivity index (χ2n) is 4.48. The molecule has 1 heterocycles. The van der Waals surface area contributed by atoms with Crippen LogP contribution in [0, 0.1) is 0 Å². The highest BCUT2D eigenvalue weighted by molar-refractivity contribution is 5.82. The van der Waals surface area contributed by atoms with Gasteiger partial charge in [0.15, 0.2) is 0 Å². The van der Waals surface area contributed by atoms with Gasteiger partial charge in [0.05, 0.1) is 5.41 Å². The highest BCUT2D eigenvalue weighted by Gasteiger charge is 2.43. The van der Waals surface area contributed by atoms with Crippen LogP contribution >= 0.6 is 0 Å². The fourth-order valence-corrected chi connectivity index (χ4v) is 2.75. The Morgan fingerprint density at radius 2 is 2.19 bits per heavy atom. The Bertz CT molecular complexity index is 395. The molecule has 1 fully saturated rings. The Balaban J connectivity index is 2.51. The van der Waals surface area contributed by atoms with Crippen LogP contribution in [0.1, 0.15) is 43.7 Å². The third-order valence-electron chi connectivity index (χ3n) is 3.67. The number of carboxylic acids is 1. The maximum absolute atomic E-state index is 11.6. The van der Waals surface area contributed by atoms with Gasteiger partial charge in [0.25, 0.3) is 0 Å². The Morgan fingerprint density at radius 1 is 1.50 bits per heavy atom. The standard InChI is InChI=1S/C13H17NO2/c1-2-10-9-14-8-5-11(10)13(12(15)16)6-3-4-7-13/h5,8-9H,2-4,6-7H2,1H3,(H,15,16). The first-order chi connectivity index (χ1) is 7.70. The van der Waals surface area contributed by atoms with Crippen LogP contribution in [-0.2, 0) is 16.6 Å². The van der Waals surface area contributed by atoms with E-state index in [0.717, 1.165) is 43.2 Å². The van der Waals surface area contributed by atoms with E-state index in [1.165, 1.54) is 0 Å². The minimum Gasteiger partial charge on any atom is -0.481 e. The van der Waals surface area contributed by atoms with Crippen molar-refractivity contribution in [2.75, 3.05) is 0 Å². The lowest BCUT2D eigenvalue weighted by Crippen LogP contribution is -2.33. The molecule has 1 aromatic heterocycles. The molecule has 1 N–H and O–H groups in total. The Hall–Kier alpha value is -1.38. The van der Waals surface area contributed by atoms with Gasteiger partial charge in [0, 0.05) is 12.4 Å². The second kappa shape index (κ2) is 4.24. The first-order valence-electron chi connectivity index (χ1n) is 5.87. The molecule has 1 saturated carbocycles. The lowest BCUT2D eigenvalue weighted by Gasteiger charge is -2.26. The topological polar surface area (TPSA) is 50.2 Å². The van der Waals surface area contributed by atoms with E-state index >= 15 is 0 Å². The van der Waals surface area contributed by atoms with Gasteiger partial charge < -0.3 is 5.11 Å². The molecule has 0 amide bonds. The van der Waals surface area contributed by atoms with E-state index < -0.39 is 11.4 Å². The molecule has 0 saturated heterocycles. The van der Waals surface area contributed by atoms with E-state index in [2.05, 4.69) is 4.98 Å². The van der Waals surface area contributed by atoms with Crippen molar-refractivity contribution in [3.8, 4) is 0 Å². The zero-order chi connectivity index (χ0) is 11.6. The van der Waals surface area contributed by atoms with Crippen LogP contribution in [0.5, 0.6) is 0 Å². The molecular weight excluding hydrogens is 202 g/mol. The summed E-state index contributed by atoms with van der Waals surface area (Å²) in [7, 11) is 0. The van der Waals surface area contributed by atoms with Crippen molar-refractivity contribution in [3.63, 3.8) is 0 Å². The van der Waals surface area contributed by atoms with E-state index in [1.54, 1.807) is 12.4 Å². The van der Waals surface area contributed by atoms with Gasteiger partial charge in [-0.15, -0.1) is 0 Å². The number of nitrogens with zero attached hydrogens (tertiary/aromatic N) is 1. The number of aromatic nitrogens is 1. The highest BCUT2D eigenvalue weighted by atomic mass is 16.4. The van der Waals surface area contributed by atoms with E-state index in [4.69, 9.17) is 0 Å². The van der Waals surface area contributed by atoms with Gasteiger partial charge >= 0.3 is 5.97 Å². The predicted octanol–water partition coefficient (Wildman–Crippen LogP) is 2.54. The molecule has 0 aromatic carbocycles. The molecule has 0 bridgehead atoms. The van der Waals surface area contributed by atoms with Crippen molar-refractivity contribution in [1.29, 1.82) is 0 Å². The van der Waals surface area contributed by atoms with Crippen molar-refractivity contribution in [1.82, 2.24) is 4.98 Å². The molecule has 1 aliphatic carbocycles. The number of carboxylic acid groups (broad SMARTS) is 1. The maximum Gasteiger partial charge on any atom is 0.314 e. The molecule has 3 heteroatoms. The molecule has 0 unspecified atom stereocenters. The lowest BCUT2D eigenvalue weighted by molar-refractivity contribution is -0.143. The van der Waals surface area contributed by atoms with Crippen LogP contribution in [0.25, 0.3) is 0 Å². The molecule has 2 rings (SSSR count). The van der Waals surface area contributed by atoms with Gasteiger partial charge in [-0.1, -0.05) is 19.8 Å². The second-order valence-corrected chi connectivity index (χ2v) is 4.48. The van der Waals surface area contributed by atoms with Crippen molar-refractivity contribution in [2.24, 2.45) is 0 Å². The van der Waals surface area contributed by atoms with Crippen LogP contribution in [0.2, 0.25) is 0 Å². The number of hydrogen-bond acceptors (Lipinski definition) is 2. The summed E-state index contributed by atoms with van der Waals surface area (Å²) < 4.78 is 0. The number of aliphatic carboxylic acids is 1. The first kappa shape index (κ1) is 11.1. The Morgan fingerprint density at radius 3 is 2.75 bits per heavy atom. The third kappa shape index (κ3) is 1.60. The van der Waals surface area contributed by atoms with Crippen molar-refractivity contribution < 1.29 is 9.90 Å². The van der Waals surface area contributed by atoms with Gasteiger partial charge in [-0.2, -0.15) is 0 Å². The normalized spacial score (nSPS) is 18.6. The number of hydrogen-bond donors (Lipinski definition) is 1. The summed E-state index contributed by atoms with van der Waals surface area (Å²) in [6, 6.07) is 1.89. The number of carbonyl (C=O) groups is 1. The Labute approximate surface area is 95.5 Å². The van der Waals surface area contributed by atoms with E-state index in [1.807, 2.05) is 13.0 Å². The lowest BCUT2D eigenvalue weighted by atomic mass is 9.77. The Kier molecular flexibility index (Phi) is 2.95. The summed E-state index contributed by atoms with van der Waals surface area (Å²) in [5.41, 5.74) is 1.41. The summed E-state index contributed by atoms with van der Waals surface area (Å²) in [4.78, 5) is 15.7. The average Bonchev–Trinajstić information content (AvgIpc) is 2.79. The molecule has 3 nitrogen and oxygen atoms in total. The average molecular weight is 219 g/mol. The first-order valence-corrected chi connectivity index (χ1v) is 5.87. The largest absolute Gasteiger partial charge is 0.481 e. The van der Waals surface area contributed by atoms with E-state index in [0.29, 0.717) is 0 Å². The SMILES string of the molecule is CCc1cnccc1C1(C(=O)O)CCCC1. The fourth-order valence-electron chi connectivity index (χ4n) is 2.75. The van der Waals surface area contributed by atoms with Crippen molar-refractivity contribution in [3.05, 3.63) is 29.6 Å². The number of rotatable bonds is 3. The molecule has 86 valence electrons. The number of pyridine rings is 1. The maximum atomic E-state index is 11.6. The monoisotopic (exact) mass is 219 g/mol. The van der Waals surface area contributed by atoms with Crippen LogP contribution in [0.4, 0.5) is 0 Å². The van der Waals surface area contributed by atoms with Gasteiger partial charge in [0.1, 0.15) is 0 Å². The van der Waals surface area contributed by atoms with Crippen LogP contribution < -0.4 is 0 Å². The molecule has 0 aliphatic heterocycles. The summed E-state index contributed by atoms with van der Waals surface area (Å²) in [5.74, 6) is -0.675. The zero-order valence-corrected chi connectivity index (χ0v) is 9.57. The highest BCUT2D eigenvalue weighted by Crippen LogP contribution is 2.42. The molecular formula is C13H17NO2. The summed E-state index contributed by atoms with van der Waals surface area (Å²) in [6.45, 7) is 2.05. The molecule has 0 radical (unpaired) electrons. The van der Waals surface area contributed by atoms with Gasteiger partial charge in [-0.05, 0) is 36.5 Å². The molecule has 1 aliphatic rings. The summed E-state index contributed by atoms with van der Waals surface area (Å²) in [6.07, 6.45) is 7.91. The smallest absolute Gasteiger partial charge is 0.314 e. The van der Waals surface area contributed by atoms with Crippen molar-refractivity contribution in [2.45, 2.75) is 44.4 Å². The quantitative estimate of drug-likeness (QED) is 0.849. The van der Waals surface area contributed by atoms with Crippen LogP contribution in [0.15, 0.2) is 18.5 Å². The van der Waals surface area contributed by atoms with Gasteiger partial charge in [-0.25, -0.2) is 0 Å². The third-order valence-corrected chi connectivity index (χ3v) is 3.67. The zero-order valence-electron chi connectivity index (χ0n) is 9.57. The molecule has 0 spiro atoms. The van der Waals surface area contributed by atoms with Gasteiger partial charge in [-0.3, -0.25) is 9.78 Å². The van der Waals surface area contributed by atoms with Crippen molar-refractivity contribution >= 4 is 5.97 Å². The fraction of sp³-hybridized carbons (Fsp3) is 0.538. The number of aryl methyl sites for hydroxylation is 1. The summed E-state index contributed by atoms with van der Waals surface area (Å²) >= 11 is 0. The molecule has 0 atom stereocenters. The molecule has 16 heavy (non-hydrogen) atoms. The van der Waals surface area contributed by atoms with Gasteiger partial charge in [0.2, 0.25) is 0 Å². The minimum absolute atomic E-state index is 0.645. The van der Waals surface area contributed by atoms with Crippen LogP contribution in [0.3, 0.4) is 0 Å².